The minimum Gasteiger partial charge on any atom is -0.370 e. The predicted octanol–water partition coefficient (Wildman–Crippen LogP) is 6.17. The van der Waals surface area contributed by atoms with Crippen molar-refractivity contribution < 1.29 is 0 Å². The summed E-state index contributed by atoms with van der Waals surface area (Å²) in [5.74, 6) is 2.10. The Labute approximate surface area is 196 Å². The van der Waals surface area contributed by atoms with Gasteiger partial charge in [-0.05, 0) is 55.3 Å². The van der Waals surface area contributed by atoms with Gasteiger partial charge in [0.1, 0.15) is 17.7 Å². The zero-order valence-corrected chi connectivity index (χ0v) is 18.7. The summed E-state index contributed by atoms with van der Waals surface area (Å²) in [7, 11) is 0. The molecule has 6 nitrogen and oxygen atoms in total. The first-order chi connectivity index (χ1) is 15.6. The number of nitrogens with one attached hydrogen (secondary N) is 2. The van der Waals surface area contributed by atoms with Crippen LogP contribution in [0.2, 0.25) is 10.0 Å². The highest BCUT2D eigenvalue weighted by atomic mass is 35.5. The van der Waals surface area contributed by atoms with Gasteiger partial charge in [-0.25, -0.2) is 15.0 Å². The molecule has 0 radical (unpaired) electrons. The summed E-state index contributed by atoms with van der Waals surface area (Å²) >= 11 is 12.4. The van der Waals surface area contributed by atoms with E-state index in [2.05, 4.69) is 26.7 Å². The smallest absolute Gasteiger partial charge is 0.163 e. The number of unbranched alkanes of at least 4 members (excludes halogenated alkanes) is 1. The lowest BCUT2D eigenvalue weighted by Gasteiger charge is -2.12. The molecule has 2 heterocycles. The molecule has 160 valence electrons. The summed E-state index contributed by atoms with van der Waals surface area (Å²) < 4.78 is 0. The molecule has 0 atom stereocenters. The lowest BCUT2D eigenvalue weighted by molar-refractivity contribution is 0.792. The topological polar surface area (TPSA) is 86.5 Å². The molecule has 0 spiro atoms. The maximum Gasteiger partial charge on any atom is 0.163 e. The molecule has 0 saturated carbocycles. The van der Waals surface area contributed by atoms with E-state index in [0.717, 1.165) is 54.0 Å². The van der Waals surface area contributed by atoms with Gasteiger partial charge >= 0.3 is 0 Å². The number of nitriles is 1. The molecule has 0 bridgehead atoms. The summed E-state index contributed by atoms with van der Waals surface area (Å²) in [5, 5.41) is 17.6. The Hall–Kier alpha value is -3.40. The van der Waals surface area contributed by atoms with E-state index >= 15 is 0 Å². The van der Waals surface area contributed by atoms with E-state index < -0.39 is 0 Å². The van der Waals surface area contributed by atoms with Crippen molar-refractivity contribution in [3.05, 3.63) is 76.4 Å². The van der Waals surface area contributed by atoms with Crippen LogP contribution < -0.4 is 10.6 Å². The second-order valence-corrected chi connectivity index (χ2v) is 7.99. The zero-order chi connectivity index (χ0) is 22.3. The molecular weight excluding hydrogens is 443 g/mol. The van der Waals surface area contributed by atoms with E-state index in [9.17, 15) is 0 Å². The molecule has 0 amide bonds. The number of pyridine rings is 1. The highest BCUT2D eigenvalue weighted by molar-refractivity contribution is 6.36. The Morgan fingerprint density at radius 3 is 2.47 bits per heavy atom. The molecule has 0 fully saturated rings. The van der Waals surface area contributed by atoms with Crippen molar-refractivity contribution in [1.29, 1.82) is 5.26 Å². The lowest BCUT2D eigenvalue weighted by Crippen LogP contribution is -2.09. The summed E-state index contributed by atoms with van der Waals surface area (Å²) in [6.07, 6.45) is 3.46. The van der Waals surface area contributed by atoms with Crippen molar-refractivity contribution in [3.8, 4) is 17.5 Å². The quantitative estimate of drug-likeness (QED) is 0.304. The standard InChI is InChI=1S/C24H20Cl2N6/c25-17-8-9-18(20(26)13-17)24-31-21-6-2-1-5-19(21)23(32-24)29-12-4-3-11-28-22-10-7-16(14-27)15-30-22/h1-2,5-10,13,15H,3-4,11-12H2,(H,28,30)(H,29,31,32). The molecule has 2 aromatic heterocycles. The van der Waals surface area contributed by atoms with Gasteiger partial charge in [0, 0.05) is 35.3 Å². The number of hydrogen-bond donors (Lipinski definition) is 2. The number of halogens is 2. The molecule has 4 aromatic rings. The molecule has 0 saturated heterocycles. The molecule has 2 N–H and O–H groups in total. The van der Waals surface area contributed by atoms with Crippen LogP contribution in [0, 0.1) is 11.3 Å². The molecule has 8 heteroatoms. The summed E-state index contributed by atoms with van der Waals surface area (Å²) in [6.45, 7) is 1.55. The van der Waals surface area contributed by atoms with E-state index in [1.165, 1.54) is 0 Å². The number of rotatable bonds is 8. The van der Waals surface area contributed by atoms with Crippen LogP contribution in [0.1, 0.15) is 18.4 Å². The Kier molecular flexibility index (Phi) is 7.00. The molecule has 0 aliphatic heterocycles. The molecule has 0 aliphatic carbocycles. The van der Waals surface area contributed by atoms with Gasteiger partial charge < -0.3 is 10.6 Å². The third-order valence-corrected chi connectivity index (χ3v) is 5.42. The molecule has 32 heavy (non-hydrogen) atoms. The normalized spacial score (nSPS) is 10.7. The summed E-state index contributed by atoms with van der Waals surface area (Å²) in [5.41, 5.74) is 2.14. The van der Waals surface area contributed by atoms with Crippen molar-refractivity contribution in [2.24, 2.45) is 0 Å². The van der Waals surface area contributed by atoms with Crippen LogP contribution in [0.5, 0.6) is 0 Å². The Balaban J connectivity index is 1.40. The Morgan fingerprint density at radius 1 is 0.906 bits per heavy atom. The van der Waals surface area contributed by atoms with Crippen molar-refractivity contribution in [3.63, 3.8) is 0 Å². The SMILES string of the molecule is N#Cc1ccc(NCCCCNc2nc(-c3ccc(Cl)cc3Cl)nc3ccccc23)nc1. The minimum absolute atomic E-state index is 0.515. The fourth-order valence-corrected chi connectivity index (χ4v) is 3.73. The average Bonchev–Trinajstić information content (AvgIpc) is 2.81. The molecule has 2 aromatic carbocycles. The van der Waals surface area contributed by atoms with Crippen LogP contribution >= 0.6 is 23.2 Å². The number of anilines is 2. The van der Waals surface area contributed by atoms with Crippen LogP contribution in [0.15, 0.2) is 60.8 Å². The largest absolute Gasteiger partial charge is 0.370 e. The highest BCUT2D eigenvalue weighted by Gasteiger charge is 2.12. The van der Waals surface area contributed by atoms with Gasteiger partial charge in [-0.2, -0.15) is 5.26 Å². The van der Waals surface area contributed by atoms with Crippen molar-refractivity contribution in [2.45, 2.75) is 12.8 Å². The van der Waals surface area contributed by atoms with Crippen LogP contribution in [-0.4, -0.2) is 28.0 Å². The zero-order valence-electron chi connectivity index (χ0n) is 17.1. The van der Waals surface area contributed by atoms with Crippen LogP contribution in [0.4, 0.5) is 11.6 Å². The van der Waals surface area contributed by atoms with Crippen LogP contribution in [-0.2, 0) is 0 Å². The monoisotopic (exact) mass is 462 g/mol. The van der Waals surface area contributed by atoms with Gasteiger partial charge in [-0.15, -0.1) is 0 Å². The molecular formula is C24H20Cl2N6. The van der Waals surface area contributed by atoms with Crippen molar-refractivity contribution >= 4 is 45.7 Å². The van der Waals surface area contributed by atoms with Crippen LogP contribution in [0.3, 0.4) is 0 Å². The van der Waals surface area contributed by atoms with Gasteiger partial charge in [0.25, 0.3) is 0 Å². The highest BCUT2D eigenvalue weighted by Crippen LogP contribution is 2.31. The van der Waals surface area contributed by atoms with E-state index in [-0.39, 0.29) is 0 Å². The van der Waals surface area contributed by atoms with Gasteiger partial charge in [-0.1, -0.05) is 35.3 Å². The third kappa shape index (κ3) is 5.25. The van der Waals surface area contributed by atoms with Gasteiger partial charge in [0.15, 0.2) is 5.82 Å². The average molecular weight is 463 g/mol. The maximum atomic E-state index is 8.83. The second kappa shape index (κ2) is 10.3. The first-order valence-corrected chi connectivity index (χ1v) is 11.0. The number of benzene rings is 2. The predicted molar refractivity (Wildman–Crippen MR) is 130 cm³/mol. The van der Waals surface area contributed by atoms with E-state index in [1.807, 2.05) is 36.4 Å². The van der Waals surface area contributed by atoms with Crippen molar-refractivity contribution in [1.82, 2.24) is 15.0 Å². The lowest BCUT2D eigenvalue weighted by atomic mass is 10.1. The minimum atomic E-state index is 0.515. The van der Waals surface area contributed by atoms with E-state index in [4.69, 9.17) is 33.4 Å². The fourth-order valence-electron chi connectivity index (χ4n) is 3.24. The number of fused-ring (bicyclic) bond motifs is 1. The third-order valence-electron chi connectivity index (χ3n) is 4.87. The second-order valence-electron chi connectivity index (χ2n) is 7.14. The molecule has 0 aliphatic rings. The Morgan fingerprint density at radius 2 is 1.72 bits per heavy atom. The van der Waals surface area contributed by atoms with Crippen molar-refractivity contribution in [2.75, 3.05) is 23.7 Å². The van der Waals surface area contributed by atoms with Crippen LogP contribution in [0.25, 0.3) is 22.3 Å². The summed E-state index contributed by atoms with van der Waals surface area (Å²) in [4.78, 5) is 13.6. The summed E-state index contributed by atoms with van der Waals surface area (Å²) in [6, 6.07) is 18.8. The van der Waals surface area contributed by atoms with Gasteiger partial charge in [-0.3, -0.25) is 0 Å². The molecule has 4 rings (SSSR count). The first-order valence-electron chi connectivity index (χ1n) is 10.2. The maximum absolute atomic E-state index is 8.83. The Bertz CT molecular complexity index is 1270. The van der Waals surface area contributed by atoms with E-state index in [1.54, 1.807) is 24.4 Å². The fraction of sp³-hybridized carbons (Fsp3) is 0.167. The number of nitrogens with zero attached hydrogens (tertiary/aromatic N) is 4. The number of hydrogen-bond acceptors (Lipinski definition) is 6. The van der Waals surface area contributed by atoms with E-state index in [0.29, 0.717) is 21.4 Å². The van der Waals surface area contributed by atoms with Gasteiger partial charge in [0.2, 0.25) is 0 Å². The number of para-hydroxylation sites is 1. The molecule has 0 unspecified atom stereocenters. The first kappa shape index (κ1) is 21.8. The van der Waals surface area contributed by atoms with Gasteiger partial charge in [0.05, 0.1) is 16.1 Å². The number of aromatic nitrogens is 3.